The third-order valence-electron chi connectivity index (χ3n) is 5.22. The molecule has 1 aromatic heterocycles. The van der Waals surface area contributed by atoms with Crippen LogP contribution in [0.3, 0.4) is 0 Å². The number of hydrogen-bond donors (Lipinski definition) is 1. The summed E-state index contributed by atoms with van der Waals surface area (Å²) in [5, 5.41) is 2.90. The first-order valence-electron chi connectivity index (χ1n) is 8.88. The zero-order valence-corrected chi connectivity index (χ0v) is 14.6. The molecule has 0 spiro atoms. The summed E-state index contributed by atoms with van der Waals surface area (Å²) in [5.74, 6) is -2.11. The molecule has 2 aromatic rings. The zero-order chi connectivity index (χ0) is 18.4. The molecule has 0 radical (unpaired) electrons. The number of nitrogens with one attached hydrogen (secondary N) is 1. The minimum atomic E-state index is -2.75. The van der Waals surface area contributed by atoms with E-state index in [0.717, 1.165) is 24.1 Å². The number of hydrogen-bond acceptors (Lipinski definition) is 2. The third kappa shape index (κ3) is 2.93. The number of urea groups is 1. The second-order valence-corrected chi connectivity index (χ2v) is 7.28. The topological polar surface area (TPSA) is 45.2 Å². The number of aryl methyl sites for hydroxylation is 2. The highest BCUT2D eigenvalue weighted by molar-refractivity contribution is 5.93. The van der Waals surface area contributed by atoms with Gasteiger partial charge >= 0.3 is 6.03 Å². The Balaban J connectivity index is 1.62. The lowest BCUT2D eigenvalue weighted by Crippen LogP contribution is -2.62. The molecule has 1 aromatic carbocycles. The number of alkyl halides is 2. The van der Waals surface area contributed by atoms with E-state index in [1.165, 1.54) is 0 Å². The molecule has 26 heavy (non-hydrogen) atoms. The minimum absolute atomic E-state index is 0.358. The fourth-order valence-corrected chi connectivity index (χ4v) is 3.96. The van der Waals surface area contributed by atoms with E-state index in [4.69, 9.17) is 0 Å². The van der Waals surface area contributed by atoms with Gasteiger partial charge in [-0.15, -0.1) is 0 Å². The normalized spacial score (nSPS) is 20.0. The van der Waals surface area contributed by atoms with E-state index in [9.17, 15) is 13.6 Å². The van der Waals surface area contributed by atoms with Crippen molar-refractivity contribution in [2.24, 2.45) is 0 Å². The fraction of sp³-hybridized carbons (Fsp3) is 0.400. The van der Waals surface area contributed by atoms with Crippen molar-refractivity contribution in [3.63, 3.8) is 0 Å². The summed E-state index contributed by atoms with van der Waals surface area (Å²) in [6.07, 6.45) is 0.948. The van der Waals surface area contributed by atoms with Crippen molar-refractivity contribution in [2.75, 3.05) is 11.4 Å². The molecular weight excluding hydrogens is 336 g/mol. The average molecular weight is 357 g/mol. The number of carbonyl (C=O) groups excluding carboxylic acids is 1. The molecule has 2 aliphatic rings. The monoisotopic (exact) mass is 357 g/mol. The van der Waals surface area contributed by atoms with Crippen LogP contribution in [-0.4, -0.2) is 23.5 Å². The molecule has 4 rings (SSSR count). The molecule has 1 fully saturated rings. The number of anilines is 1. The number of rotatable bonds is 2. The number of amides is 2. The molecule has 1 aliphatic heterocycles. The van der Waals surface area contributed by atoms with Gasteiger partial charge < -0.3 is 5.32 Å². The molecule has 2 heterocycles. The van der Waals surface area contributed by atoms with Crippen LogP contribution in [0.2, 0.25) is 0 Å². The smallest absolute Gasteiger partial charge is 0.323 e. The zero-order valence-electron chi connectivity index (χ0n) is 14.6. The van der Waals surface area contributed by atoms with Gasteiger partial charge in [-0.3, -0.25) is 4.90 Å². The lowest BCUT2D eigenvalue weighted by atomic mass is 9.69. The molecule has 0 saturated heterocycles. The highest BCUT2D eigenvalue weighted by Gasteiger charge is 2.58. The number of nitrogens with zero attached hydrogens (tertiary/aromatic N) is 2. The van der Waals surface area contributed by atoms with Crippen LogP contribution in [0, 0.1) is 6.92 Å². The molecule has 0 bridgehead atoms. The van der Waals surface area contributed by atoms with Crippen molar-refractivity contribution in [2.45, 2.75) is 44.1 Å². The van der Waals surface area contributed by atoms with Gasteiger partial charge in [0.2, 0.25) is 0 Å². The summed E-state index contributed by atoms with van der Waals surface area (Å²) in [4.78, 5) is 19.1. The number of fused-ring (bicyclic) bond motifs is 1. The van der Waals surface area contributed by atoms with Gasteiger partial charge in [-0.05, 0) is 37.0 Å². The third-order valence-corrected chi connectivity index (χ3v) is 5.22. The Morgan fingerprint density at radius 2 is 1.88 bits per heavy atom. The Kier molecular flexibility index (Phi) is 3.93. The first kappa shape index (κ1) is 16.9. The van der Waals surface area contributed by atoms with E-state index in [1.54, 1.807) is 29.2 Å². The Hall–Kier alpha value is -2.50. The van der Waals surface area contributed by atoms with Crippen LogP contribution in [0.4, 0.5) is 19.4 Å². The van der Waals surface area contributed by atoms with Crippen molar-refractivity contribution in [1.29, 1.82) is 0 Å². The van der Waals surface area contributed by atoms with Crippen molar-refractivity contribution in [3.05, 3.63) is 59.3 Å². The molecular formula is C20H21F2N3O. The van der Waals surface area contributed by atoms with Crippen molar-refractivity contribution >= 4 is 11.8 Å². The van der Waals surface area contributed by atoms with Gasteiger partial charge in [0.05, 0.1) is 5.54 Å². The number of halogens is 2. The predicted molar refractivity (Wildman–Crippen MR) is 95.5 cm³/mol. The Bertz CT molecular complexity index is 830. The summed E-state index contributed by atoms with van der Waals surface area (Å²) < 4.78 is 27.5. The van der Waals surface area contributed by atoms with E-state index in [-0.39, 0.29) is 18.9 Å². The predicted octanol–water partition coefficient (Wildman–Crippen LogP) is 4.18. The van der Waals surface area contributed by atoms with Gasteiger partial charge in [-0.1, -0.05) is 36.4 Å². The van der Waals surface area contributed by atoms with Gasteiger partial charge in [0, 0.05) is 25.1 Å². The SMILES string of the molecule is Cc1ccc2c(n1)N(C(=O)NC1(c3ccccc3)CC(F)(F)C1)CCC2. The van der Waals surface area contributed by atoms with E-state index < -0.39 is 11.5 Å². The van der Waals surface area contributed by atoms with Gasteiger partial charge in [0.15, 0.2) is 0 Å². The Morgan fingerprint density at radius 1 is 1.15 bits per heavy atom. The van der Waals surface area contributed by atoms with Crippen LogP contribution >= 0.6 is 0 Å². The standard InChI is InChI=1S/C20H21F2N3O/c1-14-9-10-15-6-5-11-25(17(15)23-14)18(26)24-19(12-20(21,22)13-19)16-7-3-2-4-8-16/h2-4,7-10H,5-6,11-13H2,1H3,(H,24,26). The number of aromatic nitrogens is 1. The number of carbonyl (C=O) groups is 1. The Morgan fingerprint density at radius 3 is 2.58 bits per heavy atom. The molecule has 0 atom stereocenters. The van der Waals surface area contributed by atoms with Crippen molar-refractivity contribution in [3.8, 4) is 0 Å². The first-order valence-corrected chi connectivity index (χ1v) is 8.88. The van der Waals surface area contributed by atoms with E-state index >= 15 is 0 Å². The average Bonchev–Trinajstić information content (AvgIpc) is 2.60. The molecule has 6 heteroatoms. The van der Waals surface area contributed by atoms with E-state index in [2.05, 4.69) is 10.3 Å². The van der Waals surface area contributed by atoms with Crippen LogP contribution in [-0.2, 0) is 12.0 Å². The van der Waals surface area contributed by atoms with E-state index in [1.807, 2.05) is 25.1 Å². The highest BCUT2D eigenvalue weighted by Crippen LogP contribution is 2.51. The van der Waals surface area contributed by atoms with Crippen LogP contribution in [0.15, 0.2) is 42.5 Å². The molecule has 1 aliphatic carbocycles. The van der Waals surface area contributed by atoms with Crippen LogP contribution in [0.25, 0.3) is 0 Å². The maximum atomic E-state index is 13.7. The maximum absolute atomic E-state index is 13.7. The van der Waals surface area contributed by atoms with Crippen LogP contribution in [0.5, 0.6) is 0 Å². The van der Waals surface area contributed by atoms with Crippen LogP contribution < -0.4 is 10.2 Å². The minimum Gasteiger partial charge on any atom is -0.328 e. The number of pyridine rings is 1. The number of benzene rings is 1. The highest BCUT2D eigenvalue weighted by atomic mass is 19.3. The molecule has 1 saturated carbocycles. The van der Waals surface area contributed by atoms with Gasteiger partial charge in [0.1, 0.15) is 5.82 Å². The van der Waals surface area contributed by atoms with Crippen molar-refractivity contribution < 1.29 is 13.6 Å². The van der Waals surface area contributed by atoms with Crippen LogP contribution in [0.1, 0.15) is 36.1 Å². The summed E-state index contributed by atoms with van der Waals surface area (Å²) in [5.41, 5.74) is 1.54. The summed E-state index contributed by atoms with van der Waals surface area (Å²) in [7, 11) is 0. The molecule has 4 nitrogen and oxygen atoms in total. The second kappa shape index (κ2) is 6.04. The molecule has 1 N–H and O–H groups in total. The fourth-order valence-electron chi connectivity index (χ4n) is 3.96. The summed E-state index contributed by atoms with van der Waals surface area (Å²) in [6.45, 7) is 2.42. The quantitative estimate of drug-likeness (QED) is 0.876. The van der Waals surface area contributed by atoms with Crippen molar-refractivity contribution in [1.82, 2.24) is 10.3 Å². The summed E-state index contributed by atoms with van der Waals surface area (Å²) >= 11 is 0. The summed E-state index contributed by atoms with van der Waals surface area (Å²) in [6, 6.07) is 12.6. The maximum Gasteiger partial charge on any atom is 0.323 e. The second-order valence-electron chi connectivity index (χ2n) is 7.28. The Labute approximate surface area is 151 Å². The van der Waals surface area contributed by atoms with Gasteiger partial charge in [-0.2, -0.15) is 0 Å². The lowest BCUT2D eigenvalue weighted by molar-refractivity contribution is -0.133. The van der Waals surface area contributed by atoms with E-state index in [0.29, 0.717) is 17.9 Å². The largest absolute Gasteiger partial charge is 0.328 e. The van der Waals surface area contributed by atoms with Gasteiger partial charge in [-0.25, -0.2) is 18.6 Å². The molecule has 136 valence electrons. The lowest BCUT2D eigenvalue weighted by Gasteiger charge is -2.48. The first-order chi connectivity index (χ1) is 12.4. The molecule has 0 unspecified atom stereocenters. The molecule has 2 amide bonds. The van der Waals surface area contributed by atoms with Gasteiger partial charge in [0.25, 0.3) is 5.92 Å².